The number of unbranched alkanes of at least 4 members (excludes halogenated alkanes) is 2. The van der Waals surface area contributed by atoms with Crippen molar-refractivity contribution in [1.29, 1.82) is 0 Å². The standard InChI is InChI=1S/C15H28N4/c1(4-10-16-18-12-6-2-7-13-18)5-11-17-19-14-8-3-9-15-19/h10-11H,1-9,12-15H2. The van der Waals surface area contributed by atoms with E-state index in [1.807, 2.05) is 0 Å². The van der Waals surface area contributed by atoms with Crippen LogP contribution in [0.15, 0.2) is 10.2 Å². The van der Waals surface area contributed by atoms with Gasteiger partial charge in [-0.25, -0.2) is 0 Å². The molecule has 0 bridgehead atoms. The van der Waals surface area contributed by atoms with E-state index in [1.165, 1.54) is 38.5 Å². The van der Waals surface area contributed by atoms with Crippen LogP contribution in [-0.4, -0.2) is 48.6 Å². The molecule has 0 aromatic rings. The summed E-state index contributed by atoms with van der Waals surface area (Å²) in [5.41, 5.74) is 0. The van der Waals surface area contributed by atoms with Crippen LogP contribution in [0.2, 0.25) is 0 Å². The van der Waals surface area contributed by atoms with Crippen LogP contribution in [0.5, 0.6) is 0 Å². The zero-order valence-corrected chi connectivity index (χ0v) is 12.1. The summed E-state index contributed by atoms with van der Waals surface area (Å²) in [7, 11) is 0. The Morgan fingerprint density at radius 2 is 1.05 bits per heavy atom. The third-order valence-corrected chi connectivity index (χ3v) is 3.82. The van der Waals surface area contributed by atoms with Crippen molar-refractivity contribution in [3.05, 3.63) is 0 Å². The SMILES string of the molecule is C(CCCC=NN1CCCCC1)=NN1CCCCC1. The molecule has 4 nitrogen and oxygen atoms in total. The first kappa shape index (κ1) is 14.4. The van der Waals surface area contributed by atoms with Crippen molar-refractivity contribution in [3.63, 3.8) is 0 Å². The largest absolute Gasteiger partial charge is 0.297 e. The van der Waals surface area contributed by atoms with Crippen LogP contribution in [0.25, 0.3) is 0 Å². The molecular formula is C15H28N4. The van der Waals surface area contributed by atoms with Gasteiger partial charge < -0.3 is 0 Å². The highest BCUT2D eigenvalue weighted by atomic mass is 15.4. The number of nitrogens with zero attached hydrogens (tertiary/aromatic N) is 4. The highest BCUT2D eigenvalue weighted by Gasteiger charge is 2.06. The summed E-state index contributed by atoms with van der Waals surface area (Å²) in [4.78, 5) is 0. The van der Waals surface area contributed by atoms with Gasteiger partial charge in [0.1, 0.15) is 0 Å². The summed E-state index contributed by atoms with van der Waals surface area (Å²) in [6, 6.07) is 0. The molecule has 0 atom stereocenters. The maximum atomic E-state index is 4.52. The van der Waals surface area contributed by atoms with Gasteiger partial charge in [-0.05, 0) is 57.8 Å². The van der Waals surface area contributed by atoms with E-state index in [-0.39, 0.29) is 0 Å². The van der Waals surface area contributed by atoms with Crippen molar-refractivity contribution in [1.82, 2.24) is 10.0 Å². The van der Waals surface area contributed by atoms with E-state index in [2.05, 4.69) is 32.6 Å². The van der Waals surface area contributed by atoms with Crippen molar-refractivity contribution >= 4 is 12.4 Å². The number of hydrazone groups is 2. The summed E-state index contributed by atoms with van der Waals surface area (Å²) in [6.07, 6.45) is 15.4. The normalized spacial score (nSPS) is 21.7. The first-order chi connectivity index (χ1) is 9.45. The molecule has 0 unspecified atom stereocenters. The Morgan fingerprint density at radius 1 is 0.632 bits per heavy atom. The molecule has 2 aliphatic heterocycles. The minimum atomic E-state index is 1.07. The highest BCUT2D eigenvalue weighted by molar-refractivity contribution is 5.60. The lowest BCUT2D eigenvalue weighted by Crippen LogP contribution is -2.24. The molecular weight excluding hydrogens is 236 g/mol. The van der Waals surface area contributed by atoms with Crippen LogP contribution in [-0.2, 0) is 0 Å². The van der Waals surface area contributed by atoms with Crippen molar-refractivity contribution < 1.29 is 0 Å². The topological polar surface area (TPSA) is 31.2 Å². The zero-order valence-electron chi connectivity index (χ0n) is 12.1. The summed E-state index contributed by atoms with van der Waals surface area (Å²) in [5, 5.41) is 13.5. The van der Waals surface area contributed by atoms with Gasteiger partial charge in [-0.15, -0.1) is 0 Å². The smallest absolute Gasteiger partial charge is 0.0360 e. The van der Waals surface area contributed by atoms with E-state index in [0.29, 0.717) is 0 Å². The zero-order chi connectivity index (χ0) is 13.2. The molecule has 19 heavy (non-hydrogen) atoms. The van der Waals surface area contributed by atoms with Crippen LogP contribution in [0.3, 0.4) is 0 Å². The van der Waals surface area contributed by atoms with Gasteiger partial charge in [0, 0.05) is 38.6 Å². The Labute approximate surface area is 117 Å². The monoisotopic (exact) mass is 264 g/mol. The molecule has 4 heteroatoms. The number of piperidine rings is 2. The van der Waals surface area contributed by atoms with E-state index in [4.69, 9.17) is 0 Å². The maximum absolute atomic E-state index is 4.52. The van der Waals surface area contributed by atoms with Gasteiger partial charge in [0.15, 0.2) is 0 Å². The van der Waals surface area contributed by atoms with Crippen LogP contribution in [0.1, 0.15) is 57.8 Å². The second kappa shape index (κ2) is 8.94. The van der Waals surface area contributed by atoms with Crippen LogP contribution in [0.4, 0.5) is 0 Å². The number of rotatable bonds is 6. The van der Waals surface area contributed by atoms with E-state index >= 15 is 0 Å². The Hall–Kier alpha value is -1.06. The highest BCUT2D eigenvalue weighted by Crippen LogP contribution is 2.09. The van der Waals surface area contributed by atoms with Gasteiger partial charge in [0.05, 0.1) is 0 Å². The minimum absolute atomic E-state index is 1.07. The van der Waals surface area contributed by atoms with Crippen molar-refractivity contribution in [2.45, 2.75) is 57.8 Å². The third kappa shape index (κ3) is 6.08. The Morgan fingerprint density at radius 3 is 1.47 bits per heavy atom. The second-order valence-corrected chi connectivity index (χ2v) is 5.56. The molecule has 0 amide bonds. The van der Waals surface area contributed by atoms with E-state index < -0.39 is 0 Å². The lowest BCUT2D eigenvalue weighted by atomic mass is 10.2. The number of hydrogen-bond donors (Lipinski definition) is 0. The minimum Gasteiger partial charge on any atom is -0.297 e. The summed E-state index contributed by atoms with van der Waals surface area (Å²) in [5.74, 6) is 0. The third-order valence-electron chi connectivity index (χ3n) is 3.82. The molecule has 2 rings (SSSR count). The van der Waals surface area contributed by atoms with Gasteiger partial charge in [-0.3, -0.25) is 10.0 Å². The molecule has 2 aliphatic rings. The van der Waals surface area contributed by atoms with E-state index in [0.717, 1.165) is 45.4 Å². The first-order valence-corrected chi connectivity index (χ1v) is 8.00. The lowest BCUT2D eigenvalue weighted by Gasteiger charge is -2.23. The molecule has 0 spiro atoms. The van der Waals surface area contributed by atoms with Crippen LogP contribution < -0.4 is 0 Å². The van der Waals surface area contributed by atoms with Crippen molar-refractivity contribution in [2.75, 3.05) is 26.2 Å². The second-order valence-electron chi connectivity index (χ2n) is 5.56. The predicted molar refractivity (Wildman–Crippen MR) is 81.7 cm³/mol. The maximum Gasteiger partial charge on any atom is 0.0360 e. The molecule has 108 valence electrons. The van der Waals surface area contributed by atoms with E-state index in [9.17, 15) is 0 Å². The van der Waals surface area contributed by atoms with Crippen LogP contribution in [0, 0.1) is 0 Å². The van der Waals surface area contributed by atoms with Crippen molar-refractivity contribution in [3.8, 4) is 0 Å². The molecule has 0 N–H and O–H groups in total. The van der Waals surface area contributed by atoms with Gasteiger partial charge in [0.2, 0.25) is 0 Å². The lowest BCUT2D eigenvalue weighted by molar-refractivity contribution is 0.239. The van der Waals surface area contributed by atoms with Gasteiger partial charge >= 0.3 is 0 Å². The molecule has 2 heterocycles. The fourth-order valence-electron chi connectivity index (χ4n) is 2.63. The van der Waals surface area contributed by atoms with Crippen LogP contribution >= 0.6 is 0 Å². The fraction of sp³-hybridized carbons (Fsp3) is 0.867. The predicted octanol–water partition coefficient (Wildman–Crippen LogP) is 3.10. The fourth-order valence-corrected chi connectivity index (χ4v) is 2.63. The summed E-state index contributed by atoms with van der Waals surface area (Å²) < 4.78 is 0. The molecule has 0 aromatic carbocycles. The van der Waals surface area contributed by atoms with Crippen molar-refractivity contribution in [2.24, 2.45) is 10.2 Å². The van der Waals surface area contributed by atoms with Gasteiger partial charge in [-0.2, -0.15) is 10.2 Å². The molecule has 0 aliphatic carbocycles. The summed E-state index contributed by atoms with van der Waals surface area (Å²) >= 11 is 0. The van der Waals surface area contributed by atoms with E-state index in [1.54, 1.807) is 0 Å². The molecule has 0 saturated carbocycles. The average molecular weight is 264 g/mol. The Kier molecular flexibility index (Phi) is 6.75. The Bertz CT molecular complexity index is 248. The molecule has 0 radical (unpaired) electrons. The average Bonchev–Trinajstić information content (AvgIpc) is 2.48. The number of hydrogen-bond acceptors (Lipinski definition) is 4. The quantitative estimate of drug-likeness (QED) is 0.545. The van der Waals surface area contributed by atoms with Gasteiger partial charge in [-0.1, -0.05) is 0 Å². The first-order valence-electron chi connectivity index (χ1n) is 8.00. The molecule has 2 saturated heterocycles. The van der Waals surface area contributed by atoms with Gasteiger partial charge in [0.25, 0.3) is 0 Å². The Balaban J connectivity index is 1.49. The molecule has 0 aromatic heterocycles. The summed E-state index contributed by atoms with van der Waals surface area (Å²) in [6.45, 7) is 4.58. The molecule has 2 fully saturated rings.